The number of rotatable bonds is 7. The highest BCUT2D eigenvalue weighted by Crippen LogP contribution is 2.23. The second-order valence-corrected chi connectivity index (χ2v) is 7.42. The van der Waals surface area contributed by atoms with E-state index in [4.69, 9.17) is 9.26 Å². The number of nitrogens with zero attached hydrogens (tertiary/aromatic N) is 3. The van der Waals surface area contributed by atoms with Gasteiger partial charge in [-0.2, -0.15) is 4.98 Å². The Morgan fingerprint density at radius 2 is 2.03 bits per heavy atom. The first-order valence-electron chi connectivity index (χ1n) is 10.4. The summed E-state index contributed by atoms with van der Waals surface area (Å²) >= 11 is 0. The van der Waals surface area contributed by atoms with Crippen LogP contribution in [0.15, 0.2) is 59.1 Å². The average Bonchev–Trinajstić information content (AvgIpc) is 3.45. The van der Waals surface area contributed by atoms with Crippen LogP contribution in [0.5, 0.6) is 5.75 Å². The molecule has 2 atom stereocenters. The zero-order chi connectivity index (χ0) is 22.5. The molecule has 0 aliphatic carbocycles. The molecule has 9 heteroatoms. The van der Waals surface area contributed by atoms with Crippen molar-refractivity contribution in [3.63, 3.8) is 0 Å². The minimum absolute atomic E-state index is 0.0453. The summed E-state index contributed by atoms with van der Waals surface area (Å²) < 4.78 is 10.7. The largest absolute Gasteiger partial charge is 0.494 e. The van der Waals surface area contributed by atoms with Crippen LogP contribution in [-0.4, -0.2) is 57.3 Å². The van der Waals surface area contributed by atoms with Gasteiger partial charge in [0, 0.05) is 24.1 Å². The van der Waals surface area contributed by atoms with Crippen molar-refractivity contribution in [2.45, 2.75) is 32.0 Å². The van der Waals surface area contributed by atoms with Crippen molar-refractivity contribution in [2.75, 3.05) is 13.2 Å². The van der Waals surface area contributed by atoms with E-state index in [1.54, 1.807) is 24.3 Å². The molecule has 1 fully saturated rings. The van der Waals surface area contributed by atoms with Crippen molar-refractivity contribution in [1.82, 2.24) is 20.4 Å². The highest BCUT2D eigenvalue weighted by Gasteiger charge is 2.39. The van der Waals surface area contributed by atoms with E-state index in [9.17, 15) is 14.7 Å². The van der Waals surface area contributed by atoms with Crippen LogP contribution in [0.2, 0.25) is 0 Å². The number of benzene rings is 2. The fourth-order valence-electron chi connectivity index (χ4n) is 3.65. The van der Waals surface area contributed by atoms with E-state index in [0.29, 0.717) is 29.6 Å². The summed E-state index contributed by atoms with van der Waals surface area (Å²) in [6.07, 6.45) is -0.621. The predicted octanol–water partition coefficient (Wildman–Crippen LogP) is 2.03. The molecule has 2 aromatic carbocycles. The minimum atomic E-state index is -0.797. The van der Waals surface area contributed by atoms with Gasteiger partial charge in [-0.25, -0.2) is 0 Å². The first-order chi connectivity index (χ1) is 15.5. The van der Waals surface area contributed by atoms with Crippen molar-refractivity contribution in [3.8, 4) is 17.2 Å². The van der Waals surface area contributed by atoms with Crippen LogP contribution < -0.4 is 10.1 Å². The molecule has 2 N–H and O–H groups in total. The molecule has 1 aliphatic rings. The van der Waals surface area contributed by atoms with E-state index in [-0.39, 0.29) is 31.3 Å². The first kappa shape index (κ1) is 21.5. The van der Waals surface area contributed by atoms with Crippen molar-refractivity contribution in [1.29, 1.82) is 0 Å². The zero-order valence-corrected chi connectivity index (χ0v) is 17.6. The highest BCUT2D eigenvalue weighted by molar-refractivity contribution is 5.98. The van der Waals surface area contributed by atoms with Crippen LogP contribution in [0.25, 0.3) is 11.5 Å². The Balaban J connectivity index is 1.42. The molecule has 166 valence electrons. The highest BCUT2D eigenvalue weighted by atomic mass is 16.5. The van der Waals surface area contributed by atoms with Gasteiger partial charge in [0.25, 0.3) is 11.8 Å². The van der Waals surface area contributed by atoms with Crippen LogP contribution >= 0.6 is 0 Å². The third-order valence-corrected chi connectivity index (χ3v) is 5.14. The van der Waals surface area contributed by atoms with Crippen LogP contribution in [0.1, 0.15) is 29.5 Å². The Bertz CT molecular complexity index is 1080. The number of β-amino-alcohol motifs (C(OH)–C–C–N with tert-alkyl or cyclic N) is 1. The fraction of sp³-hybridized carbons (Fsp3) is 0.304. The normalized spacial score (nSPS) is 17.9. The molecular formula is C23H24N4O5. The molecule has 9 nitrogen and oxygen atoms in total. The molecule has 2 amide bonds. The maximum absolute atomic E-state index is 13.0. The predicted molar refractivity (Wildman–Crippen MR) is 115 cm³/mol. The number of carbonyl (C=O) groups is 2. The van der Waals surface area contributed by atoms with Gasteiger partial charge in [-0.15, -0.1) is 0 Å². The number of aliphatic hydroxyl groups is 1. The Morgan fingerprint density at radius 3 is 2.81 bits per heavy atom. The van der Waals surface area contributed by atoms with E-state index >= 15 is 0 Å². The quantitative estimate of drug-likeness (QED) is 0.582. The minimum Gasteiger partial charge on any atom is -0.494 e. The van der Waals surface area contributed by atoms with Crippen molar-refractivity contribution < 1.29 is 24.0 Å². The topological polar surface area (TPSA) is 118 Å². The number of nitrogens with one attached hydrogen (secondary N) is 1. The lowest BCUT2D eigenvalue weighted by molar-refractivity contribution is -0.125. The first-order valence-corrected chi connectivity index (χ1v) is 10.4. The second-order valence-electron chi connectivity index (χ2n) is 7.42. The number of hydrogen-bond acceptors (Lipinski definition) is 7. The summed E-state index contributed by atoms with van der Waals surface area (Å²) in [6.45, 7) is 2.46. The number of ether oxygens (including phenoxy) is 1. The van der Waals surface area contributed by atoms with Gasteiger partial charge in [0.15, 0.2) is 5.82 Å². The molecule has 0 spiro atoms. The standard InChI is InChI=1S/C23H24N4O5/c1-2-31-18-10-6-9-16(11-18)23(30)27-14-17(28)12-19(27)21(29)24-13-20-25-22(32-26-20)15-7-4-3-5-8-15/h3-11,17,19,28H,2,12-14H2,1H3,(H,24,29)/t17?,19-/m0/s1. The molecule has 0 bridgehead atoms. The lowest BCUT2D eigenvalue weighted by Crippen LogP contribution is -2.45. The van der Waals surface area contributed by atoms with E-state index in [0.717, 1.165) is 5.56 Å². The molecule has 1 aromatic heterocycles. The summed E-state index contributed by atoms with van der Waals surface area (Å²) in [5.41, 5.74) is 1.18. The monoisotopic (exact) mass is 436 g/mol. The molecular weight excluding hydrogens is 412 g/mol. The Hall–Kier alpha value is -3.72. The summed E-state index contributed by atoms with van der Waals surface area (Å²) in [7, 11) is 0. The Labute approximate surface area is 185 Å². The van der Waals surface area contributed by atoms with Crippen molar-refractivity contribution >= 4 is 11.8 Å². The van der Waals surface area contributed by atoms with Crippen molar-refractivity contribution in [2.24, 2.45) is 0 Å². The Kier molecular flexibility index (Phi) is 6.46. The maximum atomic E-state index is 13.0. The van der Waals surface area contributed by atoms with Crippen molar-refractivity contribution in [3.05, 3.63) is 66.0 Å². The smallest absolute Gasteiger partial charge is 0.257 e. The molecule has 0 saturated carbocycles. The lowest BCUT2D eigenvalue weighted by atomic mass is 10.1. The summed E-state index contributed by atoms with van der Waals surface area (Å²) in [5, 5.41) is 16.8. The van der Waals surface area contributed by atoms with Gasteiger partial charge in [-0.05, 0) is 37.3 Å². The fourth-order valence-corrected chi connectivity index (χ4v) is 3.65. The number of amides is 2. The van der Waals surface area contributed by atoms with Crippen LogP contribution in [0.4, 0.5) is 0 Å². The Morgan fingerprint density at radius 1 is 1.22 bits per heavy atom. The summed E-state index contributed by atoms with van der Waals surface area (Å²) in [6, 6.07) is 15.3. The molecule has 1 saturated heterocycles. The number of hydrogen-bond donors (Lipinski definition) is 2. The average molecular weight is 436 g/mol. The number of carbonyl (C=O) groups excluding carboxylic acids is 2. The van der Waals surface area contributed by atoms with E-state index in [1.165, 1.54) is 4.90 Å². The molecule has 1 unspecified atom stereocenters. The van der Waals surface area contributed by atoms with Gasteiger partial charge < -0.3 is 24.6 Å². The van der Waals surface area contributed by atoms with Crippen LogP contribution in [0, 0.1) is 0 Å². The van der Waals surface area contributed by atoms with Gasteiger partial charge >= 0.3 is 0 Å². The van der Waals surface area contributed by atoms with Gasteiger partial charge in [0.1, 0.15) is 11.8 Å². The van der Waals surface area contributed by atoms with Crippen LogP contribution in [-0.2, 0) is 11.3 Å². The molecule has 0 radical (unpaired) electrons. The zero-order valence-electron chi connectivity index (χ0n) is 17.6. The van der Waals surface area contributed by atoms with Gasteiger partial charge in [0.05, 0.1) is 19.3 Å². The molecule has 3 aromatic rings. The van der Waals surface area contributed by atoms with Gasteiger partial charge in [-0.3, -0.25) is 9.59 Å². The molecule has 2 heterocycles. The summed E-state index contributed by atoms with van der Waals surface area (Å²) in [5.74, 6) is 0.525. The lowest BCUT2D eigenvalue weighted by Gasteiger charge is -2.23. The second kappa shape index (κ2) is 9.61. The van der Waals surface area contributed by atoms with E-state index in [1.807, 2.05) is 37.3 Å². The molecule has 1 aliphatic heterocycles. The number of likely N-dealkylation sites (tertiary alicyclic amines) is 1. The molecule has 4 rings (SSSR count). The van der Waals surface area contributed by atoms with Gasteiger partial charge in [-0.1, -0.05) is 29.4 Å². The van der Waals surface area contributed by atoms with Crippen LogP contribution in [0.3, 0.4) is 0 Å². The third-order valence-electron chi connectivity index (χ3n) is 5.14. The summed E-state index contributed by atoms with van der Waals surface area (Å²) in [4.78, 5) is 31.5. The van der Waals surface area contributed by atoms with E-state index < -0.39 is 12.1 Å². The van der Waals surface area contributed by atoms with Gasteiger partial charge in [0.2, 0.25) is 5.91 Å². The SMILES string of the molecule is CCOc1cccc(C(=O)N2CC(O)C[C@H]2C(=O)NCc2noc(-c3ccccc3)n2)c1. The maximum Gasteiger partial charge on any atom is 0.257 e. The number of aromatic nitrogens is 2. The third kappa shape index (κ3) is 4.78. The van der Waals surface area contributed by atoms with E-state index in [2.05, 4.69) is 15.5 Å². The molecule has 32 heavy (non-hydrogen) atoms. The number of aliphatic hydroxyl groups excluding tert-OH is 1.